The number of ether oxygens (including phenoxy) is 2. The average Bonchev–Trinajstić information content (AvgIpc) is 2.87. The molecule has 176 valence electrons. The Morgan fingerprint density at radius 2 is 1.74 bits per heavy atom. The Bertz CT molecular complexity index is 1450. The van der Waals surface area contributed by atoms with Gasteiger partial charge < -0.3 is 9.47 Å². The maximum Gasteiger partial charge on any atom is 0.272 e. The van der Waals surface area contributed by atoms with Crippen molar-refractivity contribution in [1.82, 2.24) is 10.4 Å². The SMILES string of the molecule is COc1ccc(-c2cc(C(=O)N/N=C/c3ccc([N+](=O)[O-])cc3)c3ccc(C)cc3n2)cc1OC. The van der Waals surface area contributed by atoms with Crippen molar-refractivity contribution in [3.63, 3.8) is 0 Å². The van der Waals surface area contributed by atoms with Gasteiger partial charge in [0.1, 0.15) is 0 Å². The van der Waals surface area contributed by atoms with Crippen LogP contribution in [0.2, 0.25) is 0 Å². The van der Waals surface area contributed by atoms with Crippen LogP contribution in [0.5, 0.6) is 11.5 Å². The van der Waals surface area contributed by atoms with Crippen LogP contribution < -0.4 is 14.9 Å². The number of fused-ring (bicyclic) bond motifs is 1. The van der Waals surface area contributed by atoms with Crippen LogP contribution in [0.3, 0.4) is 0 Å². The Hall–Kier alpha value is -4.79. The van der Waals surface area contributed by atoms with Gasteiger partial charge in [0.2, 0.25) is 0 Å². The molecule has 3 aromatic carbocycles. The number of hydrogen-bond donors (Lipinski definition) is 1. The molecule has 1 heterocycles. The topological polar surface area (TPSA) is 116 Å². The van der Waals surface area contributed by atoms with Crippen molar-refractivity contribution in [3.8, 4) is 22.8 Å². The standard InChI is InChI=1S/C26H22N4O5/c1-16-4-10-20-21(26(31)29-27-15-17-5-8-19(9-6-17)30(32)33)14-22(28-23(20)12-16)18-7-11-24(34-2)25(13-18)35-3/h4-15H,1-3H3,(H,29,31)/b27-15+. The van der Waals surface area contributed by atoms with E-state index in [1.54, 1.807) is 44.6 Å². The third-order valence-corrected chi connectivity index (χ3v) is 5.37. The van der Waals surface area contributed by atoms with Gasteiger partial charge in [0, 0.05) is 23.1 Å². The molecule has 1 N–H and O–H groups in total. The molecule has 0 fully saturated rings. The summed E-state index contributed by atoms with van der Waals surface area (Å²) in [5.41, 5.74) is 6.56. The molecular weight excluding hydrogens is 448 g/mol. The molecule has 0 aliphatic rings. The predicted molar refractivity (Wildman–Crippen MR) is 133 cm³/mol. The van der Waals surface area contributed by atoms with E-state index < -0.39 is 10.8 Å². The van der Waals surface area contributed by atoms with Crippen molar-refractivity contribution in [2.45, 2.75) is 6.92 Å². The molecule has 0 saturated heterocycles. The molecule has 9 heteroatoms. The second-order valence-corrected chi connectivity index (χ2v) is 7.69. The van der Waals surface area contributed by atoms with Crippen molar-refractivity contribution >= 4 is 28.7 Å². The molecule has 0 aliphatic carbocycles. The minimum absolute atomic E-state index is 0.0209. The van der Waals surface area contributed by atoms with Crippen LogP contribution in [0.15, 0.2) is 71.8 Å². The third kappa shape index (κ3) is 5.09. The van der Waals surface area contributed by atoms with Gasteiger partial charge in [0.25, 0.3) is 11.6 Å². The van der Waals surface area contributed by atoms with Gasteiger partial charge in [-0.25, -0.2) is 10.4 Å². The number of nitro benzene ring substituents is 1. The molecule has 4 aromatic rings. The highest BCUT2D eigenvalue weighted by atomic mass is 16.6. The first-order chi connectivity index (χ1) is 16.9. The molecule has 1 aromatic heterocycles. The largest absolute Gasteiger partial charge is 0.493 e. The average molecular weight is 470 g/mol. The number of carbonyl (C=O) groups excluding carboxylic acids is 1. The lowest BCUT2D eigenvalue weighted by Gasteiger charge is -2.12. The van der Waals surface area contributed by atoms with Gasteiger partial charge in [-0.3, -0.25) is 14.9 Å². The van der Waals surface area contributed by atoms with Gasteiger partial charge in [0.05, 0.1) is 42.1 Å². The van der Waals surface area contributed by atoms with E-state index in [9.17, 15) is 14.9 Å². The van der Waals surface area contributed by atoms with Crippen molar-refractivity contribution in [3.05, 3.63) is 93.5 Å². The fourth-order valence-corrected chi connectivity index (χ4v) is 3.58. The normalized spacial score (nSPS) is 10.9. The summed E-state index contributed by atoms with van der Waals surface area (Å²) in [6.07, 6.45) is 1.42. The molecule has 0 saturated carbocycles. The molecule has 0 atom stereocenters. The van der Waals surface area contributed by atoms with Gasteiger partial charge >= 0.3 is 0 Å². The summed E-state index contributed by atoms with van der Waals surface area (Å²) in [6.45, 7) is 1.96. The third-order valence-electron chi connectivity index (χ3n) is 5.37. The van der Waals surface area contributed by atoms with Crippen LogP contribution in [0.1, 0.15) is 21.5 Å². The number of rotatable bonds is 7. The Balaban J connectivity index is 1.68. The van der Waals surface area contributed by atoms with E-state index in [-0.39, 0.29) is 5.69 Å². The number of carbonyl (C=O) groups is 1. The highest BCUT2D eigenvalue weighted by molar-refractivity contribution is 6.07. The first-order valence-electron chi connectivity index (χ1n) is 10.6. The molecule has 35 heavy (non-hydrogen) atoms. The van der Waals surface area contributed by atoms with Gasteiger partial charge in [-0.05, 0) is 60.5 Å². The second kappa shape index (κ2) is 10.0. The first kappa shape index (κ1) is 23.4. The number of non-ortho nitro benzene ring substituents is 1. The summed E-state index contributed by atoms with van der Waals surface area (Å²) < 4.78 is 10.7. The molecule has 0 aliphatic heterocycles. The van der Waals surface area contributed by atoms with E-state index in [1.165, 1.54) is 18.3 Å². The molecule has 0 spiro atoms. The number of aromatic nitrogens is 1. The number of benzene rings is 3. The zero-order chi connectivity index (χ0) is 24.9. The van der Waals surface area contributed by atoms with Crippen LogP contribution >= 0.6 is 0 Å². The summed E-state index contributed by atoms with van der Waals surface area (Å²) in [4.78, 5) is 28.2. The molecule has 0 unspecified atom stereocenters. The zero-order valence-corrected chi connectivity index (χ0v) is 19.3. The second-order valence-electron chi connectivity index (χ2n) is 7.69. The number of amides is 1. The summed E-state index contributed by atoms with van der Waals surface area (Å²) in [5.74, 6) is 0.724. The molecule has 9 nitrogen and oxygen atoms in total. The van der Waals surface area contributed by atoms with Crippen LogP contribution in [-0.2, 0) is 0 Å². The quantitative estimate of drug-likeness (QED) is 0.233. The fourth-order valence-electron chi connectivity index (χ4n) is 3.58. The number of hydrogen-bond acceptors (Lipinski definition) is 7. The maximum atomic E-state index is 13.1. The van der Waals surface area contributed by atoms with Crippen LogP contribution in [0.4, 0.5) is 5.69 Å². The summed E-state index contributed by atoms with van der Waals surface area (Å²) in [5, 5.41) is 15.5. The van der Waals surface area contributed by atoms with Crippen LogP contribution in [-0.4, -0.2) is 36.2 Å². The number of nitrogens with zero attached hydrogens (tertiary/aromatic N) is 3. The summed E-state index contributed by atoms with van der Waals surface area (Å²) in [6, 6.07) is 18.7. The predicted octanol–water partition coefficient (Wildman–Crippen LogP) is 4.90. The minimum atomic E-state index is -0.477. The van der Waals surface area contributed by atoms with Crippen molar-refractivity contribution in [2.75, 3.05) is 14.2 Å². The number of hydrazone groups is 1. The number of pyridine rings is 1. The van der Waals surface area contributed by atoms with E-state index in [1.807, 2.05) is 31.2 Å². The lowest BCUT2D eigenvalue weighted by atomic mass is 10.0. The molecular formula is C26H22N4O5. The van der Waals surface area contributed by atoms with Crippen molar-refractivity contribution < 1.29 is 19.2 Å². The number of nitro groups is 1. The molecule has 1 amide bonds. The smallest absolute Gasteiger partial charge is 0.272 e. The number of methoxy groups -OCH3 is 2. The van der Waals surface area contributed by atoms with Crippen LogP contribution in [0, 0.1) is 17.0 Å². The van der Waals surface area contributed by atoms with Crippen molar-refractivity contribution in [2.24, 2.45) is 5.10 Å². The summed E-state index contributed by atoms with van der Waals surface area (Å²) in [7, 11) is 3.12. The number of aryl methyl sites for hydroxylation is 1. The highest BCUT2D eigenvalue weighted by Crippen LogP contribution is 2.33. The van der Waals surface area contributed by atoms with E-state index in [2.05, 4.69) is 10.5 Å². The van der Waals surface area contributed by atoms with E-state index in [4.69, 9.17) is 14.5 Å². The maximum absolute atomic E-state index is 13.1. The first-order valence-corrected chi connectivity index (χ1v) is 10.6. The van der Waals surface area contributed by atoms with Gasteiger partial charge in [0.15, 0.2) is 11.5 Å². The fraction of sp³-hybridized carbons (Fsp3) is 0.115. The Kier molecular flexibility index (Phi) is 6.68. The lowest BCUT2D eigenvalue weighted by Crippen LogP contribution is -2.18. The van der Waals surface area contributed by atoms with E-state index in [0.29, 0.717) is 39.2 Å². The molecule has 0 radical (unpaired) electrons. The monoisotopic (exact) mass is 470 g/mol. The Morgan fingerprint density at radius 1 is 1.00 bits per heavy atom. The number of nitrogens with one attached hydrogen (secondary N) is 1. The van der Waals surface area contributed by atoms with Gasteiger partial charge in [-0.15, -0.1) is 0 Å². The lowest BCUT2D eigenvalue weighted by molar-refractivity contribution is -0.384. The summed E-state index contributed by atoms with van der Waals surface area (Å²) >= 11 is 0. The van der Waals surface area contributed by atoms with E-state index in [0.717, 1.165) is 11.1 Å². The van der Waals surface area contributed by atoms with Crippen molar-refractivity contribution in [1.29, 1.82) is 0 Å². The molecule has 0 bridgehead atoms. The molecule has 4 rings (SSSR count). The Labute approximate surface area is 201 Å². The van der Waals surface area contributed by atoms with Gasteiger partial charge in [-0.1, -0.05) is 12.1 Å². The Morgan fingerprint density at radius 3 is 2.43 bits per heavy atom. The zero-order valence-electron chi connectivity index (χ0n) is 19.3. The van der Waals surface area contributed by atoms with E-state index >= 15 is 0 Å². The van der Waals surface area contributed by atoms with Crippen LogP contribution in [0.25, 0.3) is 22.2 Å². The minimum Gasteiger partial charge on any atom is -0.493 e. The van der Waals surface area contributed by atoms with Gasteiger partial charge in [-0.2, -0.15) is 5.10 Å². The highest BCUT2D eigenvalue weighted by Gasteiger charge is 2.15.